The summed E-state index contributed by atoms with van der Waals surface area (Å²) in [7, 11) is 0. The van der Waals surface area contributed by atoms with Crippen molar-refractivity contribution in [3.05, 3.63) is 124 Å². The third kappa shape index (κ3) is 11.0. The van der Waals surface area contributed by atoms with Crippen LogP contribution in [0.5, 0.6) is 0 Å². The van der Waals surface area contributed by atoms with Crippen molar-refractivity contribution in [2.75, 3.05) is 0 Å². The van der Waals surface area contributed by atoms with E-state index in [2.05, 4.69) is 155 Å². The molecule has 43 heavy (non-hydrogen) atoms. The molecule has 5 rings (SSSR count). The van der Waals surface area contributed by atoms with Crippen LogP contribution in [0.1, 0.15) is 115 Å². The van der Waals surface area contributed by atoms with Gasteiger partial charge in [0.1, 0.15) is 0 Å². The summed E-state index contributed by atoms with van der Waals surface area (Å²) < 4.78 is 1.46. The van der Waals surface area contributed by atoms with E-state index in [1.54, 1.807) is 0 Å². The van der Waals surface area contributed by atoms with Crippen LogP contribution in [0.25, 0.3) is 11.1 Å². The number of hydrogen-bond donors (Lipinski definition) is 0. The van der Waals surface area contributed by atoms with Gasteiger partial charge in [-0.25, -0.2) is 6.07 Å². The Morgan fingerprint density at radius 1 is 0.744 bits per heavy atom. The van der Waals surface area contributed by atoms with Gasteiger partial charge >= 0.3 is 70.3 Å². The van der Waals surface area contributed by atoms with Crippen LogP contribution >= 0.6 is 0 Å². The van der Waals surface area contributed by atoms with E-state index in [9.17, 15) is 0 Å². The van der Waals surface area contributed by atoms with Crippen LogP contribution in [0.2, 0.25) is 0 Å². The normalized spacial score (nSPS) is 11.8. The molecule has 0 nitrogen and oxygen atoms in total. The van der Waals surface area contributed by atoms with Gasteiger partial charge in [0.2, 0.25) is 0 Å². The average molecular weight is 693 g/mol. The zero-order valence-electron chi connectivity index (χ0n) is 28.2. The molecule has 0 atom stereocenters. The first-order valence-corrected chi connectivity index (χ1v) is 16.3. The monoisotopic (exact) mass is 690 g/mol. The fraction of sp³-hybridized carbons (Fsp3) is 0.400. The van der Waals surface area contributed by atoms with E-state index < -0.39 is 0 Å². The molecule has 0 aliphatic heterocycles. The molecule has 4 aromatic rings. The number of hydrogen-bond acceptors (Lipinski definition) is 0. The van der Waals surface area contributed by atoms with Crippen molar-refractivity contribution in [1.29, 1.82) is 0 Å². The summed E-state index contributed by atoms with van der Waals surface area (Å²) in [6.07, 6.45) is 2.18. The summed E-state index contributed by atoms with van der Waals surface area (Å²) in [5.41, 5.74) is 13.3. The van der Waals surface area contributed by atoms with Gasteiger partial charge in [0.15, 0.2) is 0 Å². The number of fused-ring (bicyclic) bond motifs is 3. The topological polar surface area (TPSA) is 0 Å². The van der Waals surface area contributed by atoms with E-state index in [1.165, 1.54) is 77.5 Å². The number of rotatable bonds is 2. The first-order chi connectivity index (χ1) is 19.0. The molecular weight excluding hydrogens is 643 g/mol. The number of aryl methyl sites for hydroxylation is 1. The molecule has 3 heteroatoms. The van der Waals surface area contributed by atoms with E-state index >= 15 is 0 Å². The molecule has 1 aliphatic rings. The molecule has 1 aliphatic carbocycles. The second-order valence-electron chi connectivity index (χ2n) is 14.4. The molecule has 4 aromatic carbocycles. The molecule has 0 saturated heterocycles. The first kappa shape index (κ1) is 39.4. The summed E-state index contributed by atoms with van der Waals surface area (Å²) in [6, 6.07) is 32.4. The molecule has 0 aromatic heterocycles. The van der Waals surface area contributed by atoms with Crippen molar-refractivity contribution in [2.45, 2.75) is 105 Å². The molecular formula is C40H50Cl2Zr-2. The van der Waals surface area contributed by atoms with Crippen molar-refractivity contribution in [3.8, 4) is 11.1 Å². The maximum atomic E-state index is 3.67. The summed E-state index contributed by atoms with van der Waals surface area (Å²) in [6.45, 7) is 24.7. The molecule has 0 radical (unpaired) electrons. The van der Waals surface area contributed by atoms with Gasteiger partial charge in [0, 0.05) is 0 Å². The van der Waals surface area contributed by atoms with Gasteiger partial charge in [0.25, 0.3) is 0 Å². The Kier molecular flexibility index (Phi) is 14.7. The summed E-state index contributed by atoms with van der Waals surface area (Å²) >= 11 is 1.51. The minimum absolute atomic E-state index is 0. The Labute approximate surface area is 290 Å². The zero-order valence-corrected chi connectivity index (χ0v) is 32.1. The minimum atomic E-state index is 0. The number of halogens is 2. The van der Waals surface area contributed by atoms with E-state index in [-0.39, 0.29) is 35.6 Å². The van der Waals surface area contributed by atoms with Gasteiger partial charge in [0.05, 0.1) is 0 Å². The van der Waals surface area contributed by atoms with Crippen molar-refractivity contribution >= 4 is 3.21 Å². The molecule has 230 valence electrons. The smallest absolute Gasteiger partial charge is 1.00 e. The van der Waals surface area contributed by atoms with E-state index in [1.807, 2.05) is 6.07 Å². The Bertz CT molecular complexity index is 1390. The number of benzene rings is 3. The Morgan fingerprint density at radius 2 is 1.33 bits per heavy atom. The van der Waals surface area contributed by atoms with Crippen LogP contribution in [-0.4, -0.2) is 3.21 Å². The average Bonchev–Trinajstić information content (AvgIpc) is 3.53. The molecule has 0 spiro atoms. The van der Waals surface area contributed by atoms with Crippen molar-refractivity contribution in [1.82, 2.24) is 0 Å². The minimum Gasteiger partial charge on any atom is -1.00 e. The van der Waals surface area contributed by atoms with Gasteiger partial charge in [-0.15, -0.1) is 11.1 Å². The Morgan fingerprint density at radius 3 is 1.77 bits per heavy atom. The third-order valence-corrected chi connectivity index (χ3v) is 8.47. The Balaban J connectivity index is 0.000000356. The summed E-state index contributed by atoms with van der Waals surface area (Å²) in [4.78, 5) is 0. The zero-order chi connectivity index (χ0) is 30.6. The molecule has 0 N–H and O–H groups in total. The maximum absolute atomic E-state index is 3.67. The van der Waals surface area contributed by atoms with Gasteiger partial charge in [-0.1, -0.05) is 105 Å². The van der Waals surface area contributed by atoms with Crippen LogP contribution in [0.15, 0.2) is 78.9 Å². The molecule has 0 amide bonds. The van der Waals surface area contributed by atoms with Crippen molar-refractivity contribution < 1.29 is 49.0 Å². The van der Waals surface area contributed by atoms with E-state index in [0.717, 1.165) is 12.8 Å². The van der Waals surface area contributed by atoms with E-state index in [0.29, 0.717) is 5.41 Å². The standard InChI is InChI=1S/C21H25.C11H17.C8H8.2ClH.Zr/c1-20(2,3)16-7-9-18-14(12-16)11-15-13-17(21(4,5)6)8-10-19(15)18;1-5-9-6-7-10(8-9)11(2,3)4;1-2-8-6-4-3-5-7-8;;;/h7-10,12H,11H2,1-6H3;6-8H,5H2,1-4H3;3-7H,1H3;2*1H;/q2*-1;;;;+2/p-2. The van der Waals surface area contributed by atoms with Crippen LogP contribution in [0.4, 0.5) is 0 Å². The molecule has 0 fully saturated rings. The van der Waals surface area contributed by atoms with Gasteiger partial charge in [-0.2, -0.15) is 47.0 Å². The van der Waals surface area contributed by atoms with Crippen molar-refractivity contribution in [3.63, 3.8) is 0 Å². The second-order valence-corrected chi connectivity index (χ2v) is 16.3. The fourth-order valence-electron chi connectivity index (χ4n) is 4.90. The quantitative estimate of drug-likeness (QED) is 0.236. The summed E-state index contributed by atoms with van der Waals surface area (Å²) in [5, 5.41) is 0. The Hall–Kier alpha value is -1.66. The van der Waals surface area contributed by atoms with Gasteiger partial charge in [-0.05, 0) is 28.4 Å². The third-order valence-electron chi connectivity index (χ3n) is 7.76. The molecule has 0 heterocycles. The SMILES string of the molecule is CC(C)(C)c1[c-]c2c(cc1)-c1ccc(C(C)(C)C)cc1C2.CCc1cc(C(C)(C)C)c[cH-]1.C[C](=[Zr+2])c1ccccc1.[Cl-].[Cl-]. The molecule has 0 saturated carbocycles. The van der Waals surface area contributed by atoms with Crippen molar-refractivity contribution in [2.24, 2.45) is 0 Å². The maximum Gasteiger partial charge on any atom is -1.00 e. The van der Waals surface area contributed by atoms with Gasteiger partial charge < -0.3 is 24.8 Å². The predicted molar refractivity (Wildman–Crippen MR) is 177 cm³/mol. The largest absolute Gasteiger partial charge is 1.00 e. The fourth-order valence-corrected chi connectivity index (χ4v) is 5.30. The van der Waals surface area contributed by atoms with Crippen LogP contribution in [0, 0.1) is 6.07 Å². The van der Waals surface area contributed by atoms with Crippen LogP contribution in [-0.2, 0) is 53.3 Å². The van der Waals surface area contributed by atoms with E-state index in [4.69, 9.17) is 0 Å². The molecule has 0 bridgehead atoms. The van der Waals surface area contributed by atoms with Gasteiger partial charge in [-0.3, -0.25) is 0 Å². The van der Waals surface area contributed by atoms with Crippen LogP contribution in [0.3, 0.4) is 0 Å². The summed E-state index contributed by atoms with van der Waals surface area (Å²) in [5.74, 6) is 0. The first-order valence-electron chi connectivity index (χ1n) is 15.1. The molecule has 0 unspecified atom stereocenters. The second kappa shape index (κ2) is 16.1. The van der Waals surface area contributed by atoms with Crippen LogP contribution < -0.4 is 24.8 Å². The predicted octanol–water partition coefficient (Wildman–Crippen LogP) is 4.70.